The van der Waals surface area contributed by atoms with Crippen molar-refractivity contribution in [1.82, 2.24) is 0 Å². The SMILES string of the molecule is C=CC(=O)Nc1cccc(C(=N)/C=C(\C)CC(=O)OC)c1. The normalized spacial score (nSPS) is 10.7. The number of carbonyl (C=O) groups is 2. The highest BCUT2D eigenvalue weighted by Gasteiger charge is 2.05. The van der Waals surface area contributed by atoms with Crippen LogP contribution in [0.15, 0.2) is 48.6 Å². The molecule has 0 aliphatic carbocycles. The van der Waals surface area contributed by atoms with Crippen molar-refractivity contribution in [2.24, 2.45) is 0 Å². The van der Waals surface area contributed by atoms with Crippen molar-refractivity contribution in [1.29, 1.82) is 5.41 Å². The first kappa shape index (κ1) is 16.4. The van der Waals surface area contributed by atoms with Crippen LogP contribution in [0.1, 0.15) is 18.9 Å². The molecule has 1 amide bonds. The summed E-state index contributed by atoms with van der Waals surface area (Å²) in [5.74, 6) is -0.653. The van der Waals surface area contributed by atoms with Gasteiger partial charge in [0.2, 0.25) is 5.91 Å². The summed E-state index contributed by atoms with van der Waals surface area (Å²) < 4.78 is 4.58. The Balaban J connectivity index is 2.85. The molecular formula is C16H18N2O3. The van der Waals surface area contributed by atoms with Gasteiger partial charge >= 0.3 is 5.97 Å². The maximum atomic E-state index is 11.2. The van der Waals surface area contributed by atoms with Gasteiger partial charge in [0.15, 0.2) is 0 Å². The highest BCUT2D eigenvalue weighted by Crippen LogP contribution is 2.13. The predicted molar refractivity (Wildman–Crippen MR) is 82.5 cm³/mol. The van der Waals surface area contributed by atoms with Gasteiger partial charge in [-0.1, -0.05) is 24.3 Å². The number of methoxy groups -OCH3 is 1. The van der Waals surface area contributed by atoms with Gasteiger partial charge in [0.25, 0.3) is 0 Å². The van der Waals surface area contributed by atoms with Crippen LogP contribution in [0.25, 0.3) is 0 Å². The summed E-state index contributed by atoms with van der Waals surface area (Å²) in [5.41, 5.74) is 2.21. The van der Waals surface area contributed by atoms with Gasteiger partial charge in [-0.25, -0.2) is 0 Å². The first-order valence-electron chi connectivity index (χ1n) is 6.32. The number of amides is 1. The van der Waals surface area contributed by atoms with E-state index in [0.717, 1.165) is 5.57 Å². The van der Waals surface area contributed by atoms with E-state index in [9.17, 15) is 9.59 Å². The number of hydrogen-bond acceptors (Lipinski definition) is 4. The Morgan fingerprint density at radius 1 is 1.43 bits per heavy atom. The maximum Gasteiger partial charge on any atom is 0.309 e. The standard InChI is InChI=1S/C16H18N2O3/c1-4-15(19)18-13-7-5-6-12(10-13)14(17)8-11(2)9-16(20)21-3/h4-8,10,17H,1,9H2,2-3H3,(H,18,19)/b11-8+,17-14?. The smallest absolute Gasteiger partial charge is 0.309 e. The van der Waals surface area contributed by atoms with E-state index in [1.54, 1.807) is 37.3 Å². The van der Waals surface area contributed by atoms with Crippen LogP contribution < -0.4 is 5.32 Å². The molecule has 0 heterocycles. The minimum atomic E-state index is -0.344. The number of benzene rings is 1. The summed E-state index contributed by atoms with van der Waals surface area (Å²) >= 11 is 0. The van der Waals surface area contributed by atoms with Crippen molar-refractivity contribution < 1.29 is 14.3 Å². The van der Waals surface area contributed by atoms with E-state index in [2.05, 4.69) is 16.6 Å². The number of carbonyl (C=O) groups excluding carboxylic acids is 2. The topological polar surface area (TPSA) is 79.3 Å². The molecule has 0 fully saturated rings. The number of nitrogens with one attached hydrogen (secondary N) is 2. The largest absolute Gasteiger partial charge is 0.469 e. The van der Waals surface area contributed by atoms with Crippen LogP contribution >= 0.6 is 0 Å². The molecule has 0 bridgehead atoms. The molecule has 2 N–H and O–H groups in total. The number of anilines is 1. The lowest BCUT2D eigenvalue weighted by Crippen LogP contribution is -2.08. The first-order valence-corrected chi connectivity index (χ1v) is 6.32. The first-order chi connectivity index (χ1) is 9.96. The van der Waals surface area contributed by atoms with Crippen molar-refractivity contribution in [3.8, 4) is 0 Å². The molecule has 5 heteroatoms. The van der Waals surface area contributed by atoms with Crippen molar-refractivity contribution in [3.05, 3.63) is 54.1 Å². The molecular weight excluding hydrogens is 268 g/mol. The quantitative estimate of drug-likeness (QED) is 0.479. The van der Waals surface area contributed by atoms with Gasteiger partial charge in [0.1, 0.15) is 0 Å². The Morgan fingerprint density at radius 3 is 2.76 bits per heavy atom. The van der Waals surface area contributed by atoms with Crippen molar-refractivity contribution >= 4 is 23.3 Å². The molecule has 0 unspecified atom stereocenters. The van der Waals surface area contributed by atoms with Crippen LogP contribution in [0.2, 0.25) is 0 Å². The molecule has 0 spiro atoms. The van der Waals surface area contributed by atoms with Crippen LogP contribution in [-0.4, -0.2) is 24.7 Å². The van der Waals surface area contributed by atoms with Crippen LogP contribution in [0.4, 0.5) is 5.69 Å². The zero-order chi connectivity index (χ0) is 15.8. The van der Waals surface area contributed by atoms with E-state index in [4.69, 9.17) is 5.41 Å². The van der Waals surface area contributed by atoms with E-state index >= 15 is 0 Å². The van der Waals surface area contributed by atoms with Crippen LogP contribution in [-0.2, 0) is 14.3 Å². The summed E-state index contributed by atoms with van der Waals surface area (Å²) in [4.78, 5) is 22.4. The fraction of sp³-hybridized carbons (Fsp3) is 0.188. The Labute approximate surface area is 123 Å². The highest BCUT2D eigenvalue weighted by atomic mass is 16.5. The lowest BCUT2D eigenvalue weighted by atomic mass is 10.1. The Morgan fingerprint density at radius 2 is 2.14 bits per heavy atom. The van der Waals surface area contributed by atoms with E-state index < -0.39 is 0 Å². The molecule has 0 saturated carbocycles. The number of ether oxygens (including phenoxy) is 1. The van der Waals surface area contributed by atoms with Crippen LogP contribution in [0, 0.1) is 5.41 Å². The molecule has 21 heavy (non-hydrogen) atoms. The van der Waals surface area contributed by atoms with Gasteiger partial charge in [-0.05, 0) is 31.2 Å². The Kier molecular flexibility index (Phi) is 6.07. The molecule has 5 nitrogen and oxygen atoms in total. The highest BCUT2D eigenvalue weighted by molar-refractivity contribution is 6.08. The van der Waals surface area contributed by atoms with Gasteiger partial charge < -0.3 is 15.5 Å². The van der Waals surface area contributed by atoms with Gasteiger partial charge in [-0.2, -0.15) is 0 Å². The van der Waals surface area contributed by atoms with E-state index in [1.807, 2.05) is 0 Å². The molecule has 0 aliphatic rings. The zero-order valence-corrected chi connectivity index (χ0v) is 12.1. The van der Waals surface area contributed by atoms with Crippen LogP contribution in [0.5, 0.6) is 0 Å². The molecule has 0 atom stereocenters. The van der Waals surface area contributed by atoms with Crippen molar-refractivity contribution in [2.45, 2.75) is 13.3 Å². The second kappa shape index (κ2) is 7.79. The summed E-state index contributed by atoms with van der Waals surface area (Å²) in [6.45, 7) is 5.14. The number of hydrogen-bond donors (Lipinski definition) is 2. The van der Waals surface area contributed by atoms with Gasteiger partial charge in [-0.3, -0.25) is 9.59 Å². The molecule has 1 aromatic carbocycles. The van der Waals surface area contributed by atoms with E-state index in [0.29, 0.717) is 11.3 Å². The minimum absolute atomic E-state index is 0.145. The molecule has 110 valence electrons. The third kappa shape index (κ3) is 5.44. The third-order valence-electron chi connectivity index (χ3n) is 2.67. The summed E-state index contributed by atoms with van der Waals surface area (Å²) in [6.07, 6.45) is 2.93. The average Bonchev–Trinajstić information content (AvgIpc) is 2.46. The van der Waals surface area contributed by atoms with E-state index in [-0.39, 0.29) is 24.0 Å². The lowest BCUT2D eigenvalue weighted by molar-refractivity contribution is -0.139. The number of allylic oxidation sites excluding steroid dienone is 1. The monoisotopic (exact) mass is 286 g/mol. The number of esters is 1. The van der Waals surface area contributed by atoms with Crippen molar-refractivity contribution in [3.63, 3.8) is 0 Å². The lowest BCUT2D eigenvalue weighted by Gasteiger charge is -2.06. The summed E-state index contributed by atoms with van der Waals surface area (Å²) in [7, 11) is 1.33. The summed E-state index contributed by atoms with van der Waals surface area (Å²) in [6, 6.07) is 6.91. The maximum absolute atomic E-state index is 11.2. The fourth-order valence-electron chi connectivity index (χ4n) is 1.64. The predicted octanol–water partition coefficient (Wildman–Crippen LogP) is 2.69. The number of rotatable bonds is 6. The van der Waals surface area contributed by atoms with Crippen LogP contribution in [0.3, 0.4) is 0 Å². The zero-order valence-electron chi connectivity index (χ0n) is 12.1. The average molecular weight is 286 g/mol. The minimum Gasteiger partial charge on any atom is -0.469 e. The molecule has 0 radical (unpaired) electrons. The van der Waals surface area contributed by atoms with Crippen molar-refractivity contribution in [2.75, 3.05) is 12.4 Å². The molecule has 1 rings (SSSR count). The van der Waals surface area contributed by atoms with Gasteiger partial charge in [-0.15, -0.1) is 0 Å². The molecule has 0 aromatic heterocycles. The van der Waals surface area contributed by atoms with Gasteiger partial charge in [0.05, 0.1) is 19.2 Å². The Hall–Kier alpha value is -2.69. The summed E-state index contributed by atoms with van der Waals surface area (Å²) in [5, 5.41) is 10.7. The van der Waals surface area contributed by atoms with E-state index in [1.165, 1.54) is 13.2 Å². The Bertz CT molecular complexity index is 603. The fourth-order valence-corrected chi connectivity index (χ4v) is 1.64. The van der Waals surface area contributed by atoms with Gasteiger partial charge in [0, 0.05) is 11.3 Å². The molecule has 0 aliphatic heterocycles. The third-order valence-corrected chi connectivity index (χ3v) is 2.67. The second-order valence-electron chi connectivity index (χ2n) is 4.43. The molecule has 0 saturated heterocycles. The molecule has 1 aromatic rings. The second-order valence-corrected chi connectivity index (χ2v) is 4.43.